The highest BCUT2D eigenvalue weighted by Gasteiger charge is 2.15. The second kappa shape index (κ2) is 7.10. The molecule has 1 saturated heterocycles. The van der Waals surface area contributed by atoms with Gasteiger partial charge in [0.15, 0.2) is 0 Å². The molecule has 1 N–H and O–H groups in total. The van der Waals surface area contributed by atoms with E-state index in [0.29, 0.717) is 18.9 Å². The molecule has 0 aromatic heterocycles. The molecule has 1 heterocycles. The van der Waals surface area contributed by atoms with Gasteiger partial charge in [-0.05, 0) is 46.3 Å². The van der Waals surface area contributed by atoms with Crippen molar-refractivity contribution >= 4 is 33.2 Å². The van der Waals surface area contributed by atoms with Gasteiger partial charge < -0.3 is 15.0 Å². The molecule has 6 heteroatoms. The Bertz CT molecular complexity index is 717. The molecule has 0 aliphatic carbocycles. The third-order valence-corrected chi connectivity index (χ3v) is 4.31. The van der Waals surface area contributed by atoms with Crippen molar-refractivity contribution in [2.24, 2.45) is 0 Å². The Labute approximate surface area is 142 Å². The Morgan fingerprint density at radius 3 is 2.61 bits per heavy atom. The Hall–Kier alpha value is -1.92. The SMILES string of the molecule is O=C(Nc1ccc(N2CCOCC2)c(Br)c1)c1ccccc1F. The van der Waals surface area contributed by atoms with Gasteiger partial charge in [0.2, 0.25) is 0 Å². The van der Waals surface area contributed by atoms with Crippen LogP contribution in [-0.2, 0) is 4.74 Å². The van der Waals surface area contributed by atoms with E-state index in [2.05, 4.69) is 26.1 Å². The Morgan fingerprint density at radius 2 is 1.91 bits per heavy atom. The Morgan fingerprint density at radius 1 is 1.17 bits per heavy atom. The summed E-state index contributed by atoms with van der Waals surface area (Å²) in [5, 5.41) is 2.72. The summed E-state index contributed by atoms with van der Waals surface area (Å²) >= 11 is 3.54. The Balaban J connectivity index is 1.75. The average molecular weight is 379 g/mol. The van der Waals surface area contributed by atoms with Gasteiger partial charge in [-0.1, -0.05) is 12.1 Å². The second-order valence-electron chi connectivity index (χ2n) is 5.20. The van der Waals surface area contributed by atoms with E-state index < -0.39 is 11.7 Å². The number of benzene rings is 2. The summed E-state index contributed by atoms with van der Waals surface area (Å²) in [4.78, 5) is 14.4. The summed E-state index contributed by atoms with van der Waals surface area (Å²) in [6.45, 7) is 3.08. The highest BCUT2D eigenvalue weighted by Crippen LogP contribution is 2.30. The van der Waals surface area contributed by atoms with Crippen molar-refractivity contribution in [2.45, 2.75) is 0 Å². The topological polar surface area (TPSA) is 41.6 Å². The minimum Gasteiger partial charge on any atom is -0.378 e. The van der Waals surface area contributed by atoms with E-state index in [0.717, 1.165) is 23.2 Å². The fourth-order valence-corrected chi connectivity index (χ4v) is 3.12. The zero-order valence-corrected chi connectivity index (χ0v) is 14.0. The quantitative estimate of drug-likeness (QED) is 0.885. The van der Waals surface area contributed by atoms with Crippen LogP contribution in [0.2, 0.25) is 0 Å². The smallest absolute Gasteiger partial charge is 0.258 e. The number of morpholine rings is 1. The van der Waals surface area contributed by atoms with Crippen molar-refractivity contribution in [3.8, 4) is 0 Å². The van der Waals surface area contributed by atoms with Crippen LogP contribution in [0.5, 0.6) is 0 Å². The summed E-state index contributed by atoms with van der Waals surface area (Å²) in [5.74, 6) is -0.997. The molecule has 1 aliphatic rings. The molecule has 23 heavy (non-hydrogen) atoms. The molecule has 0 atom stereocenters. The number of nitrogens with zero attached hydrogens (tertiary/aromatic N) is 1. The maximum atomic E-state index is 13.6. The summed E-state index contributed by atoms with van der Waals surface area (Å²) in [6.07, 6.45) is 0. The van der Waals surface area contributed by atoms with Gasteiger partial charge in [0.1, 0.15) is 5.82 Å². The van der Waals surface area contributed by atoms with Gasteiger partial charge >= 0.3 is 0 Å². The van der Waals surface area contributed by atoms with Crippen LogP contribution in [0.15, 0.2) is 46.9 Å². The number of rotatable bonds is 3. The minimum absolute atomic E-state index is 0.0286. The Kier molecular flexibility index (Phi) is 4.93. The fourth-order valence-electron chi connectivity index (χ4n) is 2.49. The minimum atomic E-state index is -0.533. The third-order valence-electron chi connectivity index (χ3n) is 3.68. The largest absolute Gasteiger partial charge is 0.378 e. The number of nitrogens with one attached hydrogen (secondary N) is 1. The second-order valence-corrected chi connectivity index (χ2v) is 6.05. The predicted octanol–water partition coefficient (Wildman–Crippen LogP) is 3.68. The number of anilines is 2. The van der Waals surface area contributed by atoms with Gasteiger partial charge in [0.25, 0.3) is 5.91 Å². The van der Waals surface area contributed by atoms with Crippen LogP contribution < -0.4 is 10.2 Å². The lowest BCUT2D eigenvalue weighted by molar-refractivity contribution is 0.102. The van der Waals surface area contributed by atoms with E-state index in [4.69, 9.17) is 4.74 Å². The number of carbonyl (C=O) groups is 1. The van der Waals surface area contributed by atoms with Gasteiger partial charge in [-0.3, -0.25) is 4.79 Å². The highest BCUT2D eigenvalue weighted by molar-refractivity contribution is 9.10. The molecule has 3 rings (SSSR count). The van der Waals surface area contributed by atoms with Gasteiger partial charge in [-0.25, -0.2) is 4.39 Å². The molecule has 0 unspecified atom stereocenters. The van der Waals surface area contributed by atoms with Crippen molar-refractivity contribution in [1.29, 1.82) is 0 Å². The molecule has 4 nitrogen and oxygen atoms in total. The van der Waals surface area contributed by atoms with Crippen LogP contribution in [0.3, 0.4) is 0 Å². The van der Waals surface area contributed by atoms with Crippen LogP contribution in [0.25, 0.3) is 0 Å². The van der Waals surface area contributed by atoms with Crippen molar-refractivity contribution in [2.75, 3.05) is 36.5 Å². The van der Waals surface area contributed by atoms with Crippen molar-refractivity contribution in [1.82, 2.24) is 0 Å². The molecule has 120 valence electrons. The van der Waals surface area contributed by atoms with Crippen LogP contribution >= 0.6 is 15.9 Å². The molecular formula is C17H16BrFN2O2. The number of hydrogen-bond donors (Lipinski definition) is 1. The third kappa shape index (κ3) is 3.71. The monoisotopic (exact) mass is 378 g/mol. The van der Waals surface area contributed by atoms with E-state index in [1.165, 1.54) is 12.1 Å². The van der Waals surface area contributed by atoms with Crippen LogP contribution in [0, 0.1) is 5.82 Å². The maximum Gasteiger partial charge on any atom is 0.258 e. The molecule has 0 spiro atoms. The van der Waals surface area contributed by atoms with Gasteiger partial charge in [0, 0.05) is 23.2 Å². The number of halogens is 2. The molecule has 1 aliphatic heterocycles. The van der Waals surface area contributed by atoms with Gasteiger partial charge in [-0.15, -0.1) is 0 Å². The first-order chi connectivity index (χ1) is 11.1. The molecule has 2 aromatic rings. The average Bonchev–Trinajstić information content (AvgIpc) is 2.56. The van der Waals surface area contributed by atoms with Crippen LogP contribution in [0.1, 0.15) is 10.4 Å². The zero-order valence-electron chi connectivity index (χ0n) is 12.4. The van der Waals surface area contributed by atoms with E-state index in [1.807, 2.05) is 18.2 Å². The number of ether oxygens (including phenoxy) is 1. The first-order valence-corrected chi connectivity index (χ1v) is 8.12. The molecular weight excluding hydrogens is 363 g/mol. The van der Waals surface area contributed by atoms with E-state index in [-0.39, 0.29) is 5.56 Å². The lowest BCUT2D eigenvalue weighted by Crippen LogP contribution is -2.36. The van der Waals surface area contributed by atoms with E-state index in [9.17, 15) is 9.18 Å². The molecule has 0 radical (unpaired) electrons. The van der Waals surface area contributed by atoms with Crippen LogP contribution in [-0.4, -0.2) is 32.2 Å². The van der Waals surface area contributed by atoms with Crippen molar-refractivity contribution in [3.63, 3.8) is 0 Å². The fraction of sp³-hybridized carbons (Fsp3) is 0.235. The molecule has 0 saturated carbocycles. The van der Waals surface area contributed by atoms with Gasteiger partial charge in [-0.2, -0.15) is 0 Å². The normalized spacial score (nSPS) is 14.6. The molecule has 1 fully saturated rings. The standard InChI is InChI=1S/C17H16BrFN2O2/c18-14-11-12(5-6-16(14)21-7-9-23-10-8-21)20-17(22)13-3-1-2-4-15(13)19/h1-6,11H,7-10H2,(H,20,22). The summed E-state index contributed by atoms with van der Waals surface area (Å²) < 4.78 is 19.9. The summed E-state index contributed by atoms with van der Waals surface area (Å²) in [6, 6.07) is 11.5. The lowest BCUT2D eigenvalue weighted by Gasteiger charge is -2.29. The summed E-state index contributed by atoms with van der Waals surface area (Å²) in [5.41, 5.74) is 1.69. The molecule has 1 amide bonds. The number of amides is 1. The number of hydrogen-bond acceptors (Lipinski definition) is 3. The van der Waals surface area contributed by atoms with Crippen molar-refractivity contribution in [3.05, 3.63) is 58.3 Å². The summed E-state index contributed by atoms with van der Waals surface area (Å²) in [7, 11) is 0. The van der Waals surface area contributed by atoms with Gasteiger partial charge in [0.05, 0.1) is 24.5 Å². The zero-order chi connectivity index (χ0) is 16.2. The van der Waals surface area contributed by atoms with E-state index >= 15 is 0 Å². The maximum absolute atomic E-state index is 13.6. The molecule has 2 aromatic carbocycles. The first kappa shape index (κ1) is 16.0. The predicted molar refractivity (Wildman–Crippen MR) is 91.5 cm³/mol. The highest BCUT2D eigenvalue weighted by atomic mass is 79.9. The number of carbonyl (C=O) groups excluding carboxylic acids is 1. The van der Waals surface area contributed by atoms with E-state index in [1.54, 1.807) is 12.1 Å². The first-order valence-electron chi connectivity index (χ1n) is 7.33. The van der Waals surface area contributed by atoms with Crippen molar-refractivity contribution < 1.29 is 13.9 Å². The molecule has 0 bridgehead atoms. The lowest BCUT2D eigenvalue weighted by atomic mass is 10.2. The van der Waals surface area contributed by atoms with Crippen LogP contribution in [0.4, 0.5) is 15.8 Å².